The van der Waals surface area contributed by atoms with E-state index in [1.54, 1.807) is 12.1 Å². The number of hydrogen-bond donors (Lipinski definition) is 2. The number of benzene rings is 2. The van der Waals surface area contributed by atoms with Crippen LogP contribution in [0.3, 0.4) is 0 Å². The lowest BCUT2D eigenvalue weighted by molar-refractivity contribution is -0.115. The van der Waals surface area contributed by atoms with Gasteiger partial charge in [-0.05, 0) is 17.7 Å². The average molecular weight is 403 g/mol. The number of nitrogens with zero attached hydrogens (tertiary/aromatic N) is 3. The van der Waals surface area contributed by atoms with Crippen LogP contribution in [0, 0.1) is 5.82 Å². The number of rotatable bonds is 4. The van der Waals surface area contributed by atoms with Crippen molar-refractivity contribution in [2.75, 3.05) is 11.1 Å². The van der Waals surface area contributed by atoms with E-state index in [0.29, 0.717) is 35.8 Å². The van der Waals surface area contributed by atoms with Crippen molar-refractivity contribution in [3.05, 3.63) is 77.5 Å². The molecule has 0 unspecified atom stereocenters. The molecule has 2 aromatic carbocycles. The molecule has 3 N–H and O–H groups in total. The molecule has 4 aromatic rings. The van der Waals surface area contributed by atoms with Gasteiger partial charge in [-0.1, -0.05) is 30.3 Å². The molecule has 0 aliphatic carbocycles. The van der Waals surface area contributed by atoms with E-state index in [9.17, 15) is 9.18 Å². The number of carbonyl (C=O) groups excluding carboxylic acids is 1. The molecular formula is C22H18FN5O2. The van der Waals surface area contributed by atoms with Gasteiger partial charge in [-0.3, -0.25) is 4.79 Å². The minimum absolute atomic E-state index is 0.119. The standard InChI is InChI=1S/C22H18FN5O2/c23-16-9-14(6-7-17(16)27-19(29)8-13-4-2-1-3-5-13)28-18-11-30-10-15(18)20-21(28)22(24)26-12-25-20/h1-7,9,12H,8,10-11H2,(H,27,29)(H2,24,25,26). The number of carbonyl (C=O) groups is 1. The van der Waals surface area contributed by atoms with Crippen molar-refractivity contribution < 1.29 is 13.9 Å². The zero-order valence-corrected chi connectivity index (χ0v) is 15.9. The third-order valence-electron chi connectivity index (χ3n) is 5.16. The number of fused-ring (bicyclic) bond motifs is 3. The van der Waals surface area contributed by atoms with Crippen molar-refractivity contribution in [1.82, 2.24) is 14.5 Å². The van der Waals surface area contributed by atoms with E-state index >= 15 is 0 Å². The third kappa shape index (κ3) is 3.07. The molecule has 0 saturated heterocycles. The minimum atomic E-state index is -0.543. The molecule has 30 heavy (non-hydrogen) atoms. The van der Waals surface area contributed by atoms with Gasteiger partial charge in [-0.25, -0.2) is 14.4 Å². The van der Waals surface area contributed by atoms with Crippen molar-refractivity contribution >= 4 is 28.4 Å². The molecule has 2 aromatic heterocycles. The number of nitrogens with one attached hydrogen (secondary N) is 1. The number of nitrogens with two attached hydrogens (primary N) is 1. The molecule has 7 nitrogen and oxygen atoms in total. The maximum atomic E-state index is 14.9. The number of aromatic nitrogens is 3. The van der Waals surface area contributed by atoms with Crippen LogP contribution in [0.15, 0.2) is 54.9 Å². The van der Waals surface area contributed by atoms with Gasteiger partial charge in [-0.15, -0.1) is 0 Å². The lowest BCUT2D eigenvalue weighted by Crippen LogP contribution is -2.15. The molecule has 0 radical (unpaired) electrons. The molecule has 3 heterocycles. The van der Waals surface area contributed by atoms with Crippen LogP contribution in [0.4, 0.5) is 15.9 Å². The largest absolute Gasteiger partial charge is 0.382 e. The van der Waals surface area contributed by atoms with Gasteiger partial charge in [0.05, 0.1) is 31.0 Å². The normalized spacial score (nSPS) is 12.8. The monoisotopic (exact) mass is 403 g/mol. The van der Waals surface area contributed by atoms with E-state index < -0.39 is 5.82 Å². The first kappa shape index (κ1) is 18.3. The highest BCUT2D eigenvalue weighted by Gasteiger charge is 2.26. The summed E-state index contributed by atoms with van der Waals surface area (Å²) in [4.78, 5) is 20.7. The lowest BCUT2D eigenvalue weighted by atomic mass is 10.1. The Hall–Kier alpha value is -3.78. The summed E-state index contributed by atoms with van der Waals surface area (Å²) in [6.07, 6.45) is 1.58. The number of hydrogen-bond acceptors (Lipinski definition) is 5. The van der Waals surface area contributed by atoms with Crippen LogP contribution >= 0.6 is 0 Å². The molecular weight excluding hydrogens is 385 g/mol. The van der Waals surface area contributed by atoms with E-state index in [1.807, 2.05) is 34.9 Å². The van der Waals surface area contributed by atoms with E-state index in [4.69, 9.17) is 10.5 Å². The molecule has 8 heteroatoms. The Morgan fingerprint density at radius 1 is 1.17 bits per heavy atom. The van der Waals surface area contributed by atoms with Crippen molar-refractivity contribution in [2.24, 2.45) is 0 Å². The first-order valence-corrected chi connectivity index (χ1v) is 9.46. The van der Waals surface area contributed by atoms with Crippen LogP contribution in [0.2, 0.25) is 0 Å². The first-order chi connectivity index (χ1) is 14.6. The SMILES string of the molecule is Nc1ncnc2c3c(n(-c4ccc(NC(=O)Cc5ccccc5)c(F)c4)c12)COC3. The van der Waals surface area contributed by atoms with Gasteiger partial charge >= 0.3 is 0 Å². The maximum Gasteiger partial charge on any atom is 0.228 e. The van der Waals surface area contributed by atoms with Crippen molar-refractivity contribution in [1.29, 1.82) is 0 Å². The summed E-state index contributed by atoms with van der Waals surface area (Å²) in [5.41, 5.74) is 10.8. The minimum Gasteiger partial charge on any atom is -0.382 e. The third-order valence-corrected chi connectivity index (χ3v) is 5.16. The molecule has 5 rings (SSSR count). The summed E-state index contributed by atoms with van der Waals surface area (Å²) >= 11 is 0. The molecule has 0 saturated carbocycles. The van der Waals surface area contributed by atoms with Crippen LogP contribution in [0.5, 0.6) is 0 Å². The Morgan fingerprint density at radius 3 is 2.80 bits per heavy atom. The van der Waals surface area contributed by atoms with Crippen molar-refractivity contribution in [3.8, 4) is 5.69 Å². The fourth-order valence-corrected chi connectivity index (χ4v) is 3.80. The number of anilines is 2. The van der Waals surface area contributed by atoms with Crippen LogP contribution in [0.25, 0.3) is 16.7 Å². The molecule has 150 valence electrons. The lowest BCUT2D eigenvalue weighted by Gasteiger charge is -2.12. The fourth-order valence-electron chi connectivity index (χ4n) is 3.80. The maximum absolute atomic E-state index is 14.9. The van der Waals surface area contributed by atoms with Crippen molar-refractivity contribution in [2.45, 2.75) is 19.6 Å². The number of halogens is 1. The molecule has 0 fully saturated rings. The highest BCUT2D eigenvalue weighted by Crippen LogP contribution is 2.35. The second kappa shape index (κ2) is 7.23. The Labute approximate surface area is 171 Å². The zero-order valence-electron chi connectivity index (χ0n) is 15.9. The van der Waals surface area contributed by atoms with Gasteiger partial charge in [0, 0.05) is 17.3 Å². The predicted octanol–water partition coefficient (Wildman–Crippen LogP) is 3.35. The van der Waals surface area contributed by atoms with E-state index in [-0.39, 0.29) is 18.0 Å². The van der Waals surface area contributed by atoms with Gasteiger partial charge in [0.15, 0.2) is 5.82 Å². The number of nitrogen functional groups attached to an aromatic ring is 1. The summed E-state index contributed by atoms with van der Waals surface area (Å²) in [6, 6.07) is 13.9. The number of amides is 1. The molecule has 1 amide bonds. The van der Waals surface area contributed by atoms with Gasteiger partial charge in [0.1, 0.15) is 23.2 Å². The van der Waals surface area contributed by atoms with E-state index in [0.717, 1.165) is 16.8 Å². The van der Waals surface area contributed by atoms with Gasteiger partial charge < -0.3 is 20.4 Å². The quantitative estimate of drug-likeness (QED) is 0.545. The smallest absolute Gasteiger partial charge is 0.228 e. The summed E-state index contributed by atoms with van der Waals surface area (Å²) in [6.45, 7) is 0.799. The topological polar surface area (TPSA) is 95.1 Å². The molecule has 1 aliphatic heterocycles. The van der Waals surface area contributed by atoms with Crippen LogP contribution < -0.4 is 11.1 Å². The molecule has 0 bridgehead atoms. The summed E-state index contributed by atoms with van der Waals surface area (Å²) in [5.74, 6) is -0.514. The van der Waals surface area contributed by atoms with Gasteiger partial charge in [0.2, 0.25) is 5.91 Å². The Balaban J connectivity index is 1.48. The fraction of sp³-hybridized carbons (Fsp3) is 0.136. The molecule has 1 aliphatic rings. The van der Waals surface area contributed by atoms with Crippen molar-refractivity contribution in [3.63, 3.8) is 0 Å². The second-order valence-electron chi connectivity index (χ2n) is 7.08. The van der Waals surface area contributed by atoms with Gasteiger partial charge in [-0.2, -0.15) is 0 Å². The number of ether oxygens (including phenoxy) is 1. The van der Waals surface area contributed by atoms with E-state index in [1.165, 1.54) is 12.4 Å². The molecule has 0 atom stereocenters. The highest BCUT2D eigenvalue weighted by atomic mass is 19.1. The predicted molar refractivity (Wildman–Crippen MR) is 111 cm³/mol. The first-order valence-electron chi connectivity index (χ1n) is 9.46. The Morgan fingerprint density at radius 2 is 2.00 bits per heavy atom. The Kier molecular flexibility index (Phi) is 4.40. The average Bonchev–Trinajstić information content (AvgIpc) is 3.32. The summed E-state index contributed by atoms with van der Waals surface area (Å²) in [7, 11) is 0. The molecule has 0 spiro atoms. The van der Waals surface area contributed by atoms with Crippen LogP contribution in [0.1, 0.15) is 16.8 Å². The van der Waals surface area contributed by atoms with E-state index in [2.05, 4.69) is 15.3 Å². The van der Waals surface area contributed by atoms with Crippen LogP contribution in [-0.4, -0.2) is 20.4 Å². The summed E-state index contributed by atoms with van der Waals surface area (Å²) in [5, 5.41) is 2.63. The van der Waals surface area contributed by atoms with Crippen LogP contribution in [-0.2, 0) is 29.2 Å². The zero-order chi connectivity index (χ0) is 20.7. The summed E-state index contributed by atoms with van der Waals surface area (Å²) < 4.78 is 22.3. The second-order valence-corrected chi connectivity index (χ2v) is 7.08. The Bertz CT molecular complexity index is 1270. The van der Waals surface area contributed by atoms with Gasteiger partial charge in [0.25, 0.3) is 0 Å². The highest BCUT2D eigenvalue weighted by molar-refractivity contribution is 5.93.